The SMILES string of the molecule is CC(C)(C)ONC1(CC(=O)O)CN(C(=O)OC(C)(C)C)C1. The predicted molar refractivity (Wildman–Crippen MR) is 76.8 cm³/mol. The quantitative estimate of drug-likeness (QED) is 0.770. The van der Waals surface area contributed by atoms with Crippen molar-refractivity contribution in [3.63, 3.8) is 0 Å². The zero-order valence-electron chi connectivity index (χ0n) is 13.6. The van der Waals surface area contributed by atoms with Crippen LogP contribution in [0.4, 0.5) is 4.79 Å². The smallest absolute Gasteiger partial charge is 0.410 e. The second-order valence-corrected chi connectivity index (χ2v) is 7.50. The number of carbonyl (C=O) groups excluding carboxylic acids is 1. The molecule has 0 spiro atoms. The third-order valence-corrected chi connectivity index (χ3v) is 2.70. The van der Waals surface area contributed by atoms with Gasteiger partial charge >= 0.3 is 12.1 Å². The van der Waals surface area contributed by atoms with Crippen LogP contribution in [0.15, 0.2) is 0 Å². The van der Waals surface area contributed by atoms with E-state index in [1.807, 2.05) is 20.8 Å². The molecule has 1 saturated heterocycles. The van der Waals surface area contributed by atoms with Crippen LogP contribution in [0.25, 0.3) is 0 Å². The number of carbonyl (C=O) groups is 2. The van der Waals surface area contributed by atoms with E-state index in [0.29, 0.717) is 0 Å². The average Bonchev–Trinajstić information content (AvgIpc) is 2.16. The zero-order chi connectivity index (χ0) is 16.5. The summed E-state index contributed by atoms with van der Waals surface area (Å²) in [6.07, 6.45) is -0.566. The van der Waals surface area contributed by atoms with E-state index in [4.69, 9.17) is 14.7 Å². The molecule has 7 nitrogen and oxygen atoms in total. The highest BCUT2D eigenvalue weighted by Gasteiger charge is 2.49. The van der Waals surface area contributed by atoms with Gasteiger partial charge in [0.25, 0.3) is 0 Å². The van der Waals surface area contributed by atoms with E-state index in [0.717, 1.165) is 0 Å². The highest BCUT2D eigenvalue weighted by molar-refractivity contribution is 5.72. The maximum atomic E-state index is 11.9. The maximum Gasteiger partial charge on any atom is 0.410 e. The molecular formula is C14H26N2O5. The summed E-state index contributed by atoms with van der Waals surface area (Å²) in [6.45, 7) is 11.4. The van der Waals surface area contributed by atoms with Crippen molar-refractivity contribution in [1.82, 2.24) is 10.4 Å². The number of nitrogens with zero attached hydrogens (tertiary/aromatic N) is 1. The monoisotopic (exact) mass is 302 g/mol. The van der Waals surface area contributed by atoms with Gasteiger partial charge in [0, 0.05) is 13.1 Å². The number of amides is 1. The van der Waals surface area contributed by atoms with Crippen molar-refractivity contribution >= 4 is 12.1 Å². The predicted octanol–water partition coefficient (Wildman–Crippen LogP) is 1.77. The van der Waals surface area contributed by atoms with Crippen molar-refractivity contribution in [3.05, 3.63) is 0 Å². The lowest BCUT2D eigenvalue weighted by atomic mass is 9.87. The fourth-order valence-electron chi connectivity index (χ4n) is 1.90. The molecule has 0 bridgehead atoms. The number of ether oxygens (including phenoxy) is 1. The number of nitrogens with one attached hydrogen (secondary N) is 1. The maximum absolute atomic E-state index is 11.9. The van der Waals surface area contributed by atoms with Gasteiger partial charge in [0.2, 0.25) is 0 Å². The van der Waals surface area contributed by atoms with Gasteiger partial charge in [0.15, 0.2) is 0 Å². The molecular weight excluding hydrogens is 276 g/mol. The molecule has 0 unspecified atom stereocenters. The van der Waals surface area contributed by atoms with Crippen molar-refractivity contribution in [2.75, 3.05) is 13.1 Å². The van der Waals surface area contributed by atoms with Gasteiger partial charge in [0.05, 0.1) is 17.6 Å². The first-order valence-electron chi connectivity index (χ1n) is 6.97. The Balaban J connectivity index is 2.61. The number of hydroxylamine groups is 1. The number of rotatable bonds is 4. The number of likely N-dealkylation sites (tertiary alicyclic amines) is 1. The Kier molecular flexibility index (Phi) is 4.90. The lowest BCUT2D eigenvalue weighted by Gasteiger charge is -2.49. The first-order chi connectivity index (χ1) is 9.32. The number of carboxylic acids is 1. The van der Waals surface area contributed by atoms with Gasteiger partial charge in [-0.15, -0.1) is 0 Å². The summed E-state index contributed by atoms with van der Waals surface area (Å²) in [5.41, 5.74) is 1.03. The fraction of sp³-hybridized carbons (Fsp3) is 0.857. The Morgan fingerprint density at radius 1 is 1.14 bits per heavy atom. The van der Waals surface area contributed by atoms with E-state index in [9.17, 15) is 9.59 Å². The van der Waals surface area contributed by atoms with Crippen LogP contribution in [0.5, 0.6) is 0 Å². The van der Waals surface area contributed by atoms with Crippen molar-refractivity contribution < 1.29 is 24.3 Å². The van der Waals surface area contributed by atoms with Gasteiger partial charge in [-0.2, -0.15) is 5.48 Å². The van der Waals surface area contributed by atoms with Crippen LogP contribution in [-0.2, 0) is 14.4 Å². The van der Waals surface area contributed by atoms with Crippen molar-refractivity contribution in [1.29, 1.82) is 0 Å². The number of hydrogen-bond acceptors (Lipinski definition) is 5. The topological polar surface area (TPSA) is 88.1 Å². The molecule has 0 aromatic carbocycles. The van der Waals surface area contributed by atoms with Crippen LogP contribution < -0.4 is 5.48 Å². The van der Waals surface area contributed by atoms with E-state index in [-0.39, 0.29) is 19.5 Å². The molecule has 2 N–H and O–H groups in total. The van der Waals surface area contributed by atoms with E-state index in [1.54, 1.807) is 20.8 Å². The third-order valence-electron chi connectivity index (χ3n) is 2.70. The molecule has 0 aromatic rings. The minimum Gasteiger partial charge on any atom is -0.481 e. The van der Waals surface area contributed by atoms with Crippen molar-refractivity contribution in [2.45, 2.75) is 64.7 Å². The van der Waals surface area contributed by atoms with Gasteiger partial charge < -0.3 is 14.7 Å². The summed E-state index contributed by atoms with van der Waals surface area (Å²) in [5, 5.41) is 9.02. The normalized spacial score (nSPS) is 18.1. The third kappa shape index (κ3) is 5.89. The van der Waals surface area contributed by atoms with Gasteiger partial charge in [-0.05, 0) is 41.5 Å². The van der Waals surface area contributed by atoms with Crippen LogP contribution in [0.2, 0.25) is 0 Å². The summed E-state index contributed by atoms with van der Waals surface area (Å²) >= 11 is 0. The minimum atomic E-state index is -0.941. The highest BCUT2D eigenvalue weighted by atomic mass is 16.7. The lowest BCUT2D eigenvalue weighted by molar-refractivity contribution is -0.163. The first-order valence-corrected chi connectivity index (χ1v) is 6.97. The number of hydrogen-bond donors (Lipinski definition) is 2. The molecule has 0 aliphatic carbocycles. The van der Waals surface area contributed by atoms with Gasteiger partial charge in [0.1, 0.15) is 5.60 Å². The largest absolute Gasteiger partial charge is 0.481 e. The second kappa shape index (κ2) is 5.81. The summed E-state index contributed by atoms with van der Waals surface area (Å²) in [6, 6.07) is 0. The van der Waals surface area contributed by atoms with Crippen LogP contribution in [-0.4, -0.2) is 51.9 Å². The molecule has 7 heteroatoms. The van der Waals surface area contributed by atoms with Gasteiger partial charge in [-0.1, -0.05) is 0 Å². The molecule has 1 rings (SSSR count). The highest BCUT2D eigenvalue weighted by Crippen LogP contribution is 2.27. The summed E-state index contributed by atoms with van der Waals surface area (Å²) in [5.74, 6) is -0.941. The van der Waals surface area contributed by atoms with E-state index in [2.05, 4.69) is 5.48 Å². The standard InChI is InChI=1S/C14H26N2O5/c1-12(2,3)20-11(19)16-8-14(9-16,7-10(17)18)15-21-13(4,5)6/h15H,7-9H2,1-6H3,(H,17,18). The molecule has 0 saturated carbocycles. The van der Waals surface area contributed by atoms with E-state index >= 15 is 0 Å². The van der Waals surface area contributed by atoms with Crippen LogP contribution in [0, 0.1) is 0 Å². The molecule has 1 fully saturated rings. The van der Waals surface area contributed by atoms with Crippen molar-refractivity contribution in [2.24, 2.45) is 0 Å². The van der Waals surface area contributed by atoms with Crippen LogP contribution >= 0.6 is 0 Å². The molecule has 1 amide bonds. The average molecular weight is 302 g/mol. The Labute approximate surface area is 125 Å². The molecule has 0 atom stereocenters. The molecule has 21 heavy (non-hydrogen) atoms. The number of carboxylic acid groups (broad SMARTS) is 1. The first kappa shape index (κ1) is 17.7. The summed E-state index contributed by atoms with van der Waals surface area (Å²) in [4.78, 5) is 29.9. The van der Waals surface area contributed by atoms with Crippen molar-refractivity contribution in [3.8, 4) is 0 Å². The van der Waals surface area contributed by atoms with E-state index < -0.39 is 28.8 Å². The summed E-state index contributed by atoms with van der Waals surface area (Å²) < 4.78 is 5.26. The summed E-state index contributed by atoms with van der Waals surface area (Å²) in [7, 11) is 0. The minimum absolute atomic E-state index is 0.123. The Hall–Kier alpha value is -1.34. The van der Waals surface area contributed by atoms with Gasteiger partial charge in [-0.25, -0.2) is 4.79 Å². The fourth-order valence-corrected chi connectivity index (χ4v) is 1.90. The second-order valence-electron chi connectivity index (χ2n) is 7.50. The molecule has 1 heterocycles. The van der Waals surface area contributed by atoms with Gasteiger partial charge in [-0.3, -0.25) is 9.63 Å². The molecule has 0 aromatic heterocycles. The Bertz CT molecular complexity index is 403. The Morgan fingerprint density at radius 3 is 2.05 bits per heavy atom. The van der Waals surface area contributed by atoms with E-state index in [1.165, 1.54) is 4.90 Å². The molecule has 1 aliphatic heterocycles. The zero-order valence-corrected chi connectivity index (χ0v) is 13.6. The van der Waals surface area contributed by atoms with Crippen LogP contribution in [0.3, 0.4) is 0 Å². The lowest BCUT2D eigenvalue weighted by Crippen LogP contribution is -2.71. The number of aliphatic carboxylic acids is 1. The molecule has 0 radical (unpaired) electrons. The van der Waals surface area contributed by atoms with Crippen LogP contribution in [0.1, 0.15) is 48.0 Å². The molecule has 1 aliphatic rings. The Morgan fingerprint density at radius 2 is 1.67 bits per heavy atom. The molecule has 122 valence electrons.